The number of thiol groups is 1. The molecule has 0 saturated heterocycles. The van der Waals surface area contributed by atoms with Gasteiger partial charge in [0.05, 0.1) is 12.5 Å². The maximum Gasteiger partial charge on any atom is 0.306 e. The van der Waals surface area contributed by atoms with E-state index >= 15 is 0 Å². The molecule has 0 heterocycles. The molecule has 0 aromatic heterocycles. The van der Waals surface area contributed by atoms with E-state index in [9.17, 15) is 4.79 Å². The Balaban J connectivity index is 3.50. The second-order valence-corrected chi connectivity index (χ2v) is 2.55. The lowest BCUT2D eigenvalue weighted by molar-refractivity contribution is -0.138. The van der Waals surface area contributed by atoms with Crippen LogP contribution in [0, 0.1) is 0 Å². The van der Waals surface area contributed by atoms with Gasteiger partial charge in [-0.15, -0.1) is 0 Å². The highest BCUT2D eigenvalue weighted by Gasteiger charge is 2.03. The van der Waals surface area contributed by atoms with Crippen LogP contribution in [0.25, 0.3) is 0 Å². The highest BCUT2D eigenvalue weighted by molar-refractivity contribution is 7.80. The monoisotopic (exact) mass is 176 g/mol. The summed E-state index contributed by atoms with van der Waals surface area (Å²) in [5.41, 5.74) is 0. The number of aliphatic hydroxyl groups excluding tert-OH is 1. The van der Waals surface area contributed by atoms with Crippen molar-refractivity contribution in [1.29, 1.82) is 0 Å². The van der Waals surface area contributed by atoms with Crippen LogP contribution in [-0.4, -0.2) is 28.0 Å². The Bertz CT molecular complexity index is 145. The van der Waals surface area contributed by atoms with Gasteiger partial charge in [0, 0.05) is 0 Å². The molecule has 0 rings (SSSR count). The Kier molecular flexibility index (Phi) is 5.97. The lowest BCUT2D eigenvalue weighted by atomic mass is 10.2. The lowest BCUT2D eigenvalue weighted by Gasteiger charge is -1.98. The minimum absolute atomic E-state index is 0.233. The van der Waals surface area contributed by atoms with E-state index in [1.54, 1.807) is 6.08 Å². The minimum Gasteiger partial charge on any atom is -0.481 e. The van der Waals surface area contributed by atoms with Gasteiger partial charge in [0.25, 0.3) is 0 Å². The molecule has 0 radical (unpaired) electrons. The molecule has 1 atom stereocenters. The van der Waals surface area contributed by atoms with E-state index < -0.39 is 12.1 Å². The van der Waals surface area contributed by atoms with Gasteiger partial charge in [-0.05, 0) is 12.2 Å². The zero-order chi connectivity index (χ0) is 8.69. The van der Waals surface area contributed by atoms with E-state index in [1.165, 1.54) is 6.08 Å². The van der Waals surface area contributed by atoms with Crippen LogP contribution in [0.3, 0.4) is 0 Å². The molecule has 0 fully saturated rings. The predicted octanol–water partition coefficient (Wildman–Crippen LogP) is 0.698. The summed E-state index contributed by atoms with van der Waals surface area (Å²) in [6.45, 7) is 0. The first-order chi connectivity index (χ1) is 5.16. The van der Waals surface area contributed by atoms with Crippen LogP contribution in [0.4, 0.5) is 0 Å². The van der Waals surface area contributed by atoms with Gasteiger partial charge >= 0.3 is 5.97 Å². The molecule has 4 heteroatoms. The second-order valence-electron chi connectivity index (χ2n) is 2.11. The second kappa shape index (κ2) is 6.24. The van der Waals surface area contributed by atoms with Crippen molar-refractivity contribution in [3.63, 3.8) is 0 Å². The first-order valence-electron chi connectivity index (χ1n) is 3.34. The highest BCUT2D eigenvalue weighted by Crippen LogP contribution is 1.95. The van der Waals surface area contributed by atoms with Crippen LogP contribution in [0.1, 0.15) is 12.8 Å². The Morgan fingerprint density at radius 2 is 2.27 bits per heavy atom. The molecular formula is C7H12O3S. The van der Waals surface area contributed by atoms with Crippen molar-refractivity contribution in [3.05, 3.63) is 12.2 Å². The molecular weight excluding hydrogens is 164 g/mol. The third kappa shape index (κ3) is 7.42. The van der Waals surface area contributed by atoms with Crippen LogP contribution in [0.5, 0.6) is 0 Å². The maximum absolute atomic E-state index is 10.0. The van der Waals surface area contributed by atoms with E-state index in [2.05, 4.69) is 12.6 Å². The zero-order valence-corrected chi connectivity index (χ0v) is 7.00. The molecule has 0 bridgehead atoms. The maximum atomic E-state index is 10.0. The molecule has 0 saturated carbocycles. The number of hydrogen-bond donors (Lipinski definition) is 3. The minimum atomic E-state index is -0.993. The first-order valence-corrected chi connectivity index (χ1v) is 3.97. The molecule has 64 valence electrons. The van der Waals surface area contributed by atoms with Crippen molar-refractivity contribution < 1.29 is 15.0 Å². The summed E-state index contributed by atoms with van der Waals surface area (Å²) >= 11 is 3.94. The Labute approximate surface area is 71.1 Å². The zero-order valence-electron chi connectivity index (χ0n) is 6.10. The molecule has 3 nitrogen and oxygen atoms in total. The van der Waals surface area contributed by atoms with Gasteiger partial charge in [-0.2, -0.15) is 12.6 Å². The summed E-state index contributed by atoms with van der Waals surface area (Å²) in [5, 5.41) is 17.2. The average Bonchev–Trinajstić information content (AvgIpc) is 1.86. The Morgan fingerprint density at radius 3 is 2.73 bits per heavy atom. The fourth-order valence-electron chi connectivity index (χ4n) is 0.575. The van der Waals surface area contributed by atoms with Crippen LogP contribution in [0.2, 0.25) is 0 Å². The third-order valence-corrected chi connectivity index (χ3v) is 1.30. The van der Waals surface area contributed by atoms with Crippen molar-refractivity contribution in [2.45, 2.75) is 18.9 Å². The van der Waals surface area contributed by atoms with E-state index in [0.29, 0.717) is 5.75 Å². The summed E-state index contributed by atoms with van der Waals surface area (Å²) in [7, 11) is 0. The number of rotatable bonds is 5. The van der Waals surface area contributed by atoms with Crippen molar-refractivity contribution in [3.8, 4) is 0 Å². The van der Waals surface area contributed by atoms with E-state index in [1.807, 2.05) is 0 Å². The molecule has 0 aromatic carbocycles. The highest BCUT2D eigenvalue weighted by atomic mass is 32.1. The molecule has 0 amide bonds. The third-order valence-electron chi connectivity index (χ3n) is 1.04. The molecule has 0 aromatic rings. The summed E-state index contributed by atoms with van der Waals surface area (Å²) in [5.74, 6) is -0.288. The predicted molar refractivity (Wildman–Crippen MR) is 45.9 cm³/mol. The van der Waals surface area contributed by atoms with Gasteiger partial charge in [-0.3, -0.25) is 4.79 Å². The number of aliphatic carboxylic acids is 1. The van der Waals surface area contributed by atoms with Gasteiger partial charge in [-0.25, -0.2) is 0 Å². The number of aliphatic hydroxyl groups is 1. The van der Waals surface area contributed by atoms with E-state index in [4.69, 9.17) is 10.2 Å². The van der Waals surface area contributed by atoms with Crippen LogP contribution >= 0.6 is 12.6 Å². The van der Waals surface area contributed by atoms with E-state index in [0.717, 1.165) is 6.42 Å². The Morgan fingerprint density at radius 1 is 1.64 bits per heavy atom. The average molecular weight is 176 g/mol. The normalized spacial score (nSPS) is 13.6. The summed E-state index contributed by atoms with van der Waals surface area (Å²) < 4.78 is 0. The molecule has 0 unspecified atom stereocenters. The van der Waals surface area contributed by atoms with Gasteiger partial charge < -0.3 is 10.2 Å². The molecule has 2 N–H and O–H groups in total. The summed E-state index contributed by atoms with van der Waals surface area (Å²) in [6.07, 6.45) is 2.85. The topological polar surface area (TPSA) is 57.5 Å². The summed E-state index contributed by atoms with van der Waals surface area (Å²) in [4.78, 5) is 10.0. The van der Waals surface area contributed by atoms with Crippen molar-refractivity contribution in [2.24, 2.45) is 0 Å². The standard InChI is InChI=1S/C7H12O3S/c8-6(5-7(9)10)3-1-2-4-11/h1,3,6,8,11H,2,4-5H2,(H,9,10)/b3-1+/t6-/m0/s1. The largest absolute Gasteiger partial charge is 0.481 e. The molecule has 0 spiro atoms. The van der Waals surface area contributed by atoms with Crippen molar-refractivity contribution in [1.82, 2.24) is 0 Å². The van der Waals surface area contributed by atoms with Crippen molar-refractivity contribution in [2.75, 3.05) is 5.75 Å². The summed E-state index contributed by atoms with van der Waals surface area (Å²) in [6, 6.07) is 0. The molecule has 0 aliphatic rings. The van der Waals surface area contributed by atoms with Crippen LogP contribution in [0.15, 0.2) is 12.2 Å². The van der Waals surface area contributed by atoms with Crippen molar-refractivity contribution >= 4 is 18.6 Å². The van der Waals surface area contributed by atoms with Gasteiger partial charge in [0.15, 0.2) is 0 Å². The smallest absolute Gasteiger partial charge is 0.306 e. The van der Waals surface area contributed by atoms with Gasteiger partial charge in [-0.1, -0.05) is 12.2 Å². The van der Waals surface area contributed by atoms with Gasteiger partial charge in [0.1, 0.15) is 0 Å². The SMILES string of the molecule is O=C(O)C[C@@H](O)/C=C/CCS. The Hall–Kier alpha value is -0.480. The number of allylic oxidation sites excluding steroid dienone is 1. The van der Waals surface area contributed by atoms with Crippen LogP contribution < -0.4 is 0 Å². The molecule has 0 aliphatic heterocycles. The fraction of sp³-hybridized carbons (Fsp3) is 0.571. The number of carbonyl (C=O) groups is 1. The quantitative estimate of drug-likeness (QED) is 0.427. The fourth-order valence-corrected chi connectivity index (χ4v) is 0.724. The number of carboxylic acid groups (broad SMARTS) is 1. The number of carboxylic acids is 1. The number of hydrogen-bond acceptors (Lipinski definition) is 3. The van der Waals surface area contributed by atoms with E-state index in [-0.39, 0.29) is 6.42 Å². The van der Waals surface area contributed by atoms with Crippen LogP contribution in [-0.2, 0) is 4.79 Å². The lowest BCUT2D eigenvalue weighted by Crippen LogP contribution is -2.09. The van der Waals surface area contributed by atoms with Gasteiger partial charge in [0.2, 0.25) is 0 Å². The molecule has 11 heavy (non-hydrogen) atoms. The first kappa shape index (κ1) is 10.5. The molecule has 0 aliphatic carbocycles.